The molecule has 4 fully saturated rings. The first-order valence-corrected chi connectivity index (χ1v) is 20.7. The van der Waals surface area contributed by atoms with E-state index in [0.717, 1.165) is 45.1 Å². The van der Waals surface area contributed by atoms with Gasteiger partial charge in [0.15, 0.2) is 0 Å². The van der Waals surface area contributed by atoms with Crippen LogP contribution in [0.2, 0.25) is 0 Å². The van der Waals surface area contributed by atoms with Crippen LogP contribution in [0.4, 0.5) is 17.1 Å². The van der Waals surface area contributed by atoms with Crippen LogP contribution in [0.1, 0.15) is 43.2 Å². The van der Waals surface area contributed by atoms with Gasteiger partial charge in [-0.25, -0.2) is 0 Å². The number of hydrogen-bond acceptors (Lipinski definition) is 2. The molecule has 1 aromatic heterocycles. The van der Waals surface area contributed by atoms with Crippen LogP contribution in [0.25, 0.3) is 65.7 Å². The quantitative estimate of drug-likeness (QED) is 0.168. The molecule has 4 saturated carbocycles. The molecule has 56 heavy (non-hydrogen) atoms. The Bertz CT molecular complexity index is 2980. The fraction of sp³-hybridized carbons (Fsp3) is 0.185. The first-order chi connectivity index (χ1) is 27.7. The van der Waals surface area contributed by atoms with Crippen molar-refractivity contribution < 1.29 is 4.42 Å². The second kappa shape index (κ2) is 11.5. The highest BCUT2D eigenvalue weighted by Gasteiger charge is 2.61. The van der Waals surface area contributed by atoms with Gasteiger partial charge in [-0.05, 0) is 159 Å². The molecule has 4 bridgehead atoms. The molecule has 5 aliphatic rings. The van der Waals surface area contributed by atoms with Crippen LogP contribution < -0.4 is 4.90 Å². The van der Waals surface area contributed by atoms with Gasteiger partial charge in [-0.1, -0.05) is 115 Å². The summed E-state index contributed by atoms with van der Waals surface area (Å²) in [5.74, 6) is 3.23. The van der Waals surface area contributed by atoms with Crippen LogP contribution in [-0.4, -0.2) is 0 Å². The highest BCUT2D eigenvalue weighted by Crippen LogP contribution is 2.69. The standard InChI is InChI=1S/C54H41NO/c1-3-12-42-36(10-1)31-37-11-2-4-13-43(37)52(42)35-20-22-40(23-21-35)55(49-17-9-19-51-53(49)46-15-6-8-18-50(46)56-51)41-24-25-45-44-14-5-7-16-47(44)54(48(45)32-41)38-27-33-26-34(29-38)30-39(54)28-33/h1-25,31-34,38-39H,26-30H2. The van der Waals surface area contributed by atoms with Gasteiger partial charge in [0.1, 0.15) is 11.2 Å². The molecule has 0 radical (unpaired) electrons. The van der Waals surface area contributed by atoms with Crippen molar-refractivity contribution in [1.29, 1.82) is 0 Å². The smallest absolute Gasteiger partial charge is 0.137 e. The third kappa shape index (κ3) is 4.17. The first kappa shape index (κ1) is 31.1. The minimum atomic E-state index is 0.0919. The van der Waals surface area contributed by atoms with E-state index in [1.807, 2.05) is 0 Å². The van der Waals surface area contributed by atoms with Gasteiger partial charge < -0.3 is 9.32 Å². The van der Waals surface area contributed by atoms with E-state index in [1.165, 1.54) is 81.6 Å². The SMILES string of the molecule is c1ccc2c(c1)-c1ccc(N(c3ccc(-c4c5ccccc5cc5ccccc45)cc3)c3cccc4oc5ccccc5c34)cc1C21C2CC3CC(C2)CC1C3. The zero-order valence-corrected chi connectivity index (χ0v) is 31.3. The van der Waals surface area contributed by atoms with Crippen molar-refractivity contribution in [3.8, 4) is 22.3 Å². The van der Waals surface area contributed by atoms with Gasteiger partial charge >= 0.3 is 0 Å². The van der Waals surface area contributed by atoms with Crippen molar-refractivity contribution in [3.63, 3.8) is 0 Å². The molecule has 5 aliphatic carbocycles. The number of nitrogens with zero attached hydrogens (tertiary/aromatic N) is 1. The Hall–Kier alpha value is -6.12. The molecule has 14 rings (SSSR count). The summed E-state index contributed by atoms with van der Waals surface area (Å²) in [5.41, 5.74) is 14.0. The minimum absolute atomic E-state index is 0.0919. The summed E-state index contributed by atoms with van der Waals surface area (Å²) in [6, 6.07) is 61.3. The van der Waals surface area contributed by atoms with Gasteiger partial charge in [0, 0.05) is 22.2 Å². The van der Waals surface area contributed by atoms with Gasteiger partial charge in [-0.2, -0.15) is 0 Å². The van der Waals surface area contributed by atoms with Crippen LogP contribution in [0.15, 0.2) is 168 Å². The third-order valence-electron chi connectivity index (χ3n) is 14.6. The van der Waals surface area contributed by atoms with Crippen LogP contribution >= 0.6 is 0 Å². The minimum Gasteiger partial charge on any atom is -0.456 e. The summed E-state index contributed by atoms with van der Waals surface area (Å²) in [6.45, 7) is 0. The lowest BCUT2D eigenvalue weighted by molar-refractivity contribution is -0.0399. The van der Waals surface area contributed by atoms with Gasteiger partial charge in [-0.15, -0.1) is 0 Å². The summed E-state index contributed by atoms with van der Waals surface area (Å²) in [4.78, 5) is 2.52. The fourth-order valence-electron chi connectivity index (χ4n) is 12.8. The molecule has 0 unspecified atom stereocenters. The Morgan fingerprint density at radius 1 is 0.464 bits per heavy atom. The number of hydrogen-bond donors (Lipinski definition) is 0. The Kier molecular flexibility index (Phi) is 6.37. The van der Waals surface area contributed by atoms with E-state index in [4.69, 9.17) is 4.42 Å². The predicted molar refractivity (Wildman–Crippen MR) is 232 cm³/mol. The summed E-state index contributed by atoms with van der Waals surface area (Å²) < 4.78 is 6.52. The Labute approximate surface area is 327 Å². The molecule has 0 amide bonds. The van der Waals surface area contributed by atoms with Crippen molar-refractivity contribution in [1.82, 2.24) is 0 Å². The average Bonchev–Trinajstić information content (AvgIpc) is 3.76. The highest BCUT2D eigenvalue weighted by molar-refractivity contribution is 6.14. The lowest BCUT2D eigenvalue weighted by atomic mass is 9.43. The largest absolute Gasteiger partial charge is 0.456 e. The van der Waals surface area contributed by atoms with E-state index in [2.05, 4.69) is 169 Å². The molecular weight excluding hydrogens is 679 g/mol. The summed E-state index contributed by atoms with van der Waals surface area (Å²) >= 11 is 0. The molecule has 8 aromatic carbocycles. The maximum absolute atomic E-state index is 6.52. The van der Waals surface area contributed by atoms with Gasteiger partial charge in [0.25, 0.3) is 0 Å². The number of para-hydroxylation sites is 1. The Morgan fingerprint density at radius 2 is 1.07 bits per heavy atom. The van der Waals surface area contributed by atoms with Crippen LogP contribution in [0.3, 0.4) is 0 Å². The van der Waals surface area contributed by atoms with Crippen molar-refractivity contribution >= 4 is 60.5 Å². The highest BCUT2D eigenvalue weighted by atomic mass is 16.3. The molecule has 0 aliphatic heterocycles. The molecule has 2 nitrogen and oxygen atoms in total. The molecule has 2 heteroatoms. The zero-order valence-electron chi connectivity index (χ0n) is 31.3. The van der Waals surface area contributed by atoms with Gasteiger partial charge in [0.05, 0.1) is 11.1 Å². The van der Waals surface area contributed by atoms with Crippen molar-refractivity contribution in [2.24, 2.45) is 23.7 Å². The van der Waals surface area contributed by atoms with Crippen LogP contribution in [0, 0.1) is 23.7 Å². The maximum atomic E-state index is 6.52. The number of rotatable bonds is 4. The topological polar surface area (TPSA) is 16.4 Å². The molecule has 1 heterocycles. The molecular formula is C54H41NO. The van der Waals surface area contributed by atoms with E-state index < -0.39 is 0 Å². The zero-order chi connectivity index (χ0) is 36.5. The molecule has 268 valence electrons. The number of benzene rings is 8. The van der Waals surface area contributed by atoms with E-state index in [-0.39, 0.29) is 5.41 Å². The number of anilines is 3. The lowest BCUT2D eigenvalue weighted by Crippen LogP contribution is -2.55. The Balaban J connectivity index is 1.04. The Morgan fingerprint density at radius 3 is 1.82 bits per heavy atom. The molecule has 0 atom stereocenters. The number of furan rings is 1. The second-order valence-corrected chi connectivity index (χ2v) is 17.3. The van der Waals surface area contributed by atoms with Crippen LogP contribution in [0.5, 0.6) is 0 Å². The molecule has 0 N–H and O–H groups in total. The first-order valence-electron chi connectivity index (χ1n) is 20.7. The van der Waals surface area contributed by atoms with Crippen molar-refractivity contribution in [2.75, 3.05) is 4.90 Å². The molecule has 1 spiro atoms. The summed E-state index contributed by atoms with van der Waals surface area (Å²) in [5, 5.41) is 7.40. The second-order valence-electron chi connectivity index (χ2n) is 17.3. The fourth-order valence-corrected chi connectivity index (χ4v) is 12.8. The molecule has 0 saturated heterocycles. The summed E-state index contributed by atoms with van der Waals surface area (Å²) in [7, 11) is 0. The average molecular weight is 720 g/mol. The van der Waals surface area contributed by atoms with Gasteiger partial charge in [-0.3, -0.25) is 0 Å². The lowest BCUT2D eigenvalue weighted by Gasteiger charge is -2.61. The van der Waals surface area contributed by atoms with Gasteiger partial charge in [0.2, 0.25) is 0 Å². The van der Waals surface area contributed by atoms with Crippen molar-refractivity contribution in [2.45, 2.75) is 37.5 Å². The van der Waals surface area contributed by atoms with E-state index >= 15 is 0 Å². The monoisotopic (exact) mass is 719 g/mol. The summed E-state index contributed by atoms with van der Waals surface area (Å²) in [6.07, 6.45) is 6.95. The van der Waals surface area contributed by atoms with E-state index in [0.29, 0.717) is 11.8 Å². The predicted octanol–water partition coefficient (Wildman–Crippen LogP) is 14.8. The third-order valence-corrected chi connectivity index (χ3v) is 14.6. The van der Waals surface area contributed by atoms with Crippen molar-refractivity contribution in [3.05, 3.63) is 175 Å². The number of fused-ring (bicyclic) bond motifs is 8. The van der Waals surface area contributed by atoms with Crippen LogP contribution in [-0.2, 0) is 5.41 Å². The van der Waals surface area contributed by atoms with E-state index in [1.54, 1.807) is 11.1 Å². The normalized spacial score (nSPS) is 23.1. The molecule has 9 aromatic rings. The maximum Gasteiger partial charge on any atom is 0.137 e. The van der Waals surface area contributed by atoms with E-state index in [9.17, 15) is 0 Å².